The molecule has 0 aliphatic rings. The predicted molar refractivity (Wildman–Crippen MR) is 111 cm³/mol. The van der Waals surface area contributed by atoms with E-state index in [4.69, 9.17) is 11.6 Å². The van der Waals surface area contributed by atoms with Crippen LogP contribution in [-0.2, 0) is 17.1 Å². The van der Waals surface area contributed by atoms with E-state index in [0.29, 0.717) is 9.92 Å². The maximum absolute atomic E-state index is 12.6. The number of sulfonamides is 1. The van der Waals surface area contributed by atoms with E-state index in [9.17, 15) is 8.42 Å². The summed E-state index contributed by atoms with van der Waals surface area (Å²) in [7, 11) is 1.49. The van der Waals surface area contributed by atoms with Crippen LogP contribution >= 0.6 is 22.9 Å². The fourth-order valence-electron chi connectivity index (χ4n) is 2.59. The van der Waals surface area contributed by atoms with Crippen molar-refractivity contribution in [3.8, 4) is 11.3 Å². The Morgan fingerprint density at radius 2 is 1.78 bits per heavy atom. The molecule has 0 saturated carbocycles. The molecule has 0 N–H and O–H groups in total. The number of hydrogen-bond acceptors (Lipinski definition) is 4. The average molecular weight is 422 g/mol. The van der Waals surface area contributed by atoms with Gasteiger partial charge in [0.25, 0.3) is 0 Å². The molecule has 27 heavy (non-hydrogen) atoms. The van der Waals surface area contributed by atoms with Crippen LogP contribution in [0.15, 0.2) is 57.7 Å². The summed E-state index contributed by atoms with van der Waals surface area (Å²) in [6.45, 7) is 1.80. The van der Waals surface area contributed by atoms with Gasteiger partial charge in [0.1, 0.15) is 0 Å². The molecule has 0 atom stereocenters. The minimum absolute atomic E-state index is 0.312. The summed E-state index contributed by atoms with van der Waals surface area (Å²) in [6.07, 6.45) is 0. The third-order valence-corrected chi connectivity index (χ3v) is 7.34. The van der Waals surface area contributed by atoms with E-state index in [1.54, 1.807) is 25.1 Å². The number of aryl methyl sites for hydroxylation is 1. The van der Waals surface area contributed by atoms with Gasteiger partial charge in [-0.05, 0) is 42.8 Å². The number of aromatic nitrogens is 1. The first-order chi connectivity index (χ1) is 12.7. The number of rotatable bonds is 4. The van der Waals surface area contributed by atoms with Crippen molar-refractivity contribution in [1.29, 1.82) is 0 Å². The molecule has 0 aliphatic heterocycles. The van der Waals surface area contributed by atoms with Crippen LogP contribution < -0.4 is 4.80 Å². The summed E-state index contributed by atoms with van der Waals surface area (Å²) in [5.74, 6) is 0. The lowest BCUT2D eigenvalue weighted by Gasteiger charge is -2.15. The molecular formula is C19H20ClN3O2S2. The van der Waals surface area contributed by atoms with Gasteiger partial charge in [0.15, 0.2) is 4.80 Å². The quantitative estimate of drug-likeness (QED) is 0.634. The van der Waals surface area contributed by atoms with Crippen LogP contribution in [0.3, 0.4) is 0 Å². The molecule has 1 aromatic heterocycles. The van der Waals surface area contributed by atoms with Crippen molar-refractivity contribution in [3.63, 3.8) is 0 Å². The highest BCUT2D eigenvalue weighted by Gasteiger charge is 2.20. The second-order valence-corrected chi connectivity index (χ2v) is 9.71. The second-order valence-electron chi connectivity index (χ2n) is 6.32. The Morgan fingerprint density at radius 1 is 1.11 bits per heavy atom. The zero-order chi connectivity index (χ0) is 19.8. The van der Waals surface area contributed by atoms with E-state index >= 15 is 0 Å². The Balaban J connectivity index is 2.09. The van der Waals surface area contributed by atoms with Crippen LogP contribution in [0.1, 0.15) is 5.56 Å². The van der Waals surface area contributed by atoms with Crippen LogP contribution in [0.5, 0.6) is 0 Å². The van der Waals surface area contributed by atoms with Gasteiger partial charge in [-0.1, -0.05) is 23.7 Å². The Hall–Kier alpha value is -1.93. The molecule has 0 radical (unpaired) electrons. The highest BCUT2D eigenvalue weighted by molar-refractivity contribution is 7.89. The number of nitrogens with zero attached hydrogens (tertiary/aromatic N) is 3. The summed E-state index contributed by atoms with van der Waals surface area (Å²) in [4.78, 5) is 5.76. The predicted octanol–water partition coefficient (Wildman–Crippen LogP) is 4.20. The van der Waals surface area contributed by atoms with Crippen LogP contribution in [0.2, 0.25) is 5.02 Å². The van der Waals surface area contributed by atoms with E-state index in [0.717, 1.165) is 27.3 Å². The summed E-state index contributed by atoms with van der Waals surface area (Å²) >= 11 is 7.42. The SMILES string of the molecule is Cc1ccc(-c2csc(=Nc3ccc(Cl)cc3)n2C)cc1S(=O)(=O)N(C)C. The van der Waals surface area contributed by atoms with Crippen molar-refractivity contribution in [1.82, 2.24) is 8.87 Å². The van der Waals surface area contributed by atoms with Gasteiger partial charge in [-0.25, -0.2) is 17.7 Å². The normalized spacial score (nSPS) is 12.7. The smallest absolute Gasteiger partial charge is 0.242 e. The van der Waals surface area contributed by atoms with Crippen LogP contribution in [0.4, 0.5) is 5.69 Å². The largest absolute Gasteiger partial charge is 0.320 e. The van der Waals surface area contributed by atoms with Gasteiger partial charge in [-0.15, -0.1) is 11.3 Å². The number of halogens is 1. The minimum atomic E-state index is -3.51. The van der Waals surface area contributed by atoms with E-state index in [1.807, 2.05) is 41.3 Å². The van der Waals surface area contributed by atoms with Crippen LogP contribution in [0, 0.1) is 6.92 Å². The van der Waals surface area contributed by atoms with Crippen molar-refractivity contribution in [2.45, 2.75) is 11.8 Å². The molecule has 0 fully saturated rings. The molecule has 0 aliphatic carbocycles. The molecule has 0 amide bonds. The van der Waals surface area contributed by atoms with Crippen molar-refractivity contribution in [2.75, 3.05) is 14.1 Å². The van der Waals surface area contributed by atoms with E-state index < -0.39 is 10.0 Å². The molecule has 0 bridgehead atoms. The standard InChI is InChI=1S/C19H20ClN3O2S2/c1-13-5-6-14(11-18(13)27(24,25)22(2)3)17-12-26-19(23(17)4)21-16-9-7-15(20)8-10-16/h5-12H,1-4H3. The van der Waals surface area contributed by atoms with E-state index in [1.165, 1.54) is 29.7 Å². The first-order valence-electron chi connectivity index (χ1n) is 8.18. The lowest BCUT2D eigenvalue weighted by molar-refractivity contribution is 0.520. The molecule has 0 saturated heterocycles. The third kappa shape index (κ3) is 4.01. The Labute approximate surface area is 168 Å². The molecule has 2 aromatic carbocycles. The monoisotopic (exact) mass is 421 g/mol. The average Bonchev–Trinajstić information content (AvgIpc) is 2.98. The van der Waals surface area contributed by atoms with Gasteiger partial charge in [0, 0.05) is 37.1 Å². The van der Waals surface area contributed by atoms with Gasteiger partial charge in [-0.2, -0.15) is 0 Å². The number of hydrogen-bond donors (Lipinski definition) is 0. The first-order valence-corrected chi connectivity index (χ1v) is 10.9. The maximum atomic E-state index is 12.6. The highest BCUT2D eigenvalue weighted by Crippen LogP contribution is 2.27. The van der Waals surface area contributed by atoms with Crippen molar-refractivity contribution in [2.24, 2.45) is 12.0 Å². The van der Waals surface area contributed by atoms with E-state index in [2.05, 4.69) is 4.99 Å². The molecule has 3 aromatic rings. The Bertz CT molecular complexity index is 1140. The molecular weight excluding hydrogens is 402 g/mol. The van der Waals surface area contributed by atoms with Crippen molar-refractivity contribution < 1.29 is 8.42 Å². The number of thiazole rings is 1. The summed E-state index contributed by atoms with van der Waals surface area (Å²) in [5.41, 5.74) is 3.26. The summed E-state index contributed by atoms with van der Waals surface area (Å²) in [6, 6.07) is 12.8. The molecule has 5 nitrogen and oxygen atoms in total. The maximum Gasteiger partial charge on any atom is 0.242 e. The second kappa shape index (κ2) is 7.59. The van der Waals surface area contributed by atoms with Crippen molar-refractivity contribution in [3.05, 3.63) is 63.2 Å². The summed E-state index contributed by atoms with van der Waals surface area (Å²) in [5, 5.41) is 2.64. The fourth-order valence-corrected chi connectivity index (χ4v) is 4.79. The third-order valence-electron chi connectivity index (χ3n) is 4.22. The van der Waals surface area contributed by atoms with Crippen LogP contribution in [0.25, 0.3) is 11.3 Å². The van der Waals surface area contributed by atoms with Crippen molar-refractivity contribution >= 4 is 38.6 Å². The molecule has 0 unspecified atom stereocenters. The molecule has 0 spiro atoms. The van der Waals surface area contributed by atoms with Gasteiger partial charge in [-0.3, -0.25) is 0 Å². The molecule has 8 heteroatoms. The van der Waals surface area contributed by atoms with Gasteiger partial charge in [0.05, 0.1) is 16.3 Å². The summed E-state index contributed by atoms with van der Waals surface area (Å²) < 4.78 is 28.4. The van der Waals surface area contributed by atoms with Crippen LogP contribution in [-0.4, -0.2) is 31.4 Å². The molecule has 142 valence electrons. The van der Waals surface area contributed by atoms with Gasteiger partial charge < -0.3 is 4.57 Å². The number of benzene rings is 2. The zero-order valence-corrected chi connectivity index (χ0v) is 17.9. The molecule has 3 rings (SSSR count). The lowest BCUT2D eigenvalue weighted by atomic mass is 10.1. The highest BCUT2D eigenvalue weighted by atomic mass is 35.5. The first kappa shape index (κ1) is 19.8. The zero-order valence-electron chi connectivity index (χ0n) is 15.5. The minimum Gasteiger partial charge on any atom is -0.320 e. The Morgan fingerprint density at radius 3 is 2.41 bits per heavy atom. The fraction of sp³-hybridized carbons (Fsp3) is 0.211. The van der Waals surface area contributed by atoms with E-state index in [-0.39, 0.29) is 0 Å². The Kier molecular flexibility index (Phi) is 5.58. The van der Waals surface area contributed by atoms with Gasteiger partial charge in [0.2, 0.25) is 10.0 Å². The lowest BCUT2D eigenvalue weighted by Crippen LogP contribution is -2.23. The topological polar surface area (TPSA) is 54.7 Å². The van der Waals surface area contributed by atoms with Gasteiger partial charge >= 0.3 is 0 Å². The molecule has 1 heterocycles.